The fraction of sp³-hybridized carbons (Fsp3) is 0.238. The van der Waals surface area contributed by atoms with E-state index in [9.17, 15) is 4.39 Å². The molecule has 0 aliphatic rings. The molecule has 0 spiro atoms. The van der Waals surface area contributed by atoms with Crippen molar-refractivity contribution in [2.24, 2.45) is 0 Å². The number of benzene rings is 1. The molecule has 0 unspecified atom stereocenters. The van der Waals surface area contributed by atoms with Gasteiger partial charge in [0.25, 0.3) is 0 Å². The van der Waals surface area contributed by atoms with Crippen molar-refractivity contribution >= 4 is 5.65 Å². The van der Waals surface area contributed by atoms with Crippen molar-refractivity contribution in [3.8, 4) is 16.9 Å². The highest BCUT2D eigenvalue weighted by Gasteiger charge is 2.18. The summed E-state index contributed by atoms with van der Waals surface area (Å²) in [5, 5.41) is 8.11. The Kier molecular flexibility index (Phi) is 4.92. The van der Waals surface area contributed by atoms with Crippen LogP contribution < -0.4 is 4.74 Å². The summed E-state index contributed by atoms with van der Waals surface area (Å²) in [5.41, 5.74) is 3.25. The molecule has 0 aliphatic carbocycles. The maximum absolute atomic E-state index is 15.1. The molecule has 148 valence electrons. The molecule has 0 aliphatic heterocycles. The fourth-order valence-electron chi connectivity index (χ4n) is 3.51. The van der Waals surface area contributed by atoms with Gasteiger partial charge in [0, 0.05) is 28.6 Å². The lowest BCUT2D eigenvalue weighted by Gasteiger charge is -2.13. The molecule has 1 aromatic carbocycles. The predicted molar refractivity (Wildman–Crippen MR) is 104 cm³/mol. The Morgan fingerprint density at radius 2 is 1.90 bits per heavy atom. The molecular weight excluding hydrogens is 376 g/mol. The van der Waals surface area contributed by atoms with Gasteiger partial charge in [-0.2, -0.15) is 0 Å². The number of rotatable bonds is 5. The molecule has 0 saturated carbocycles. The Balaban J connectivity index is 1.76. The summed E-state index contributed by atoms with van der Waals surface area (Å²) in [6, 6.07) is 6.05. The zero-order valence-corrected chi connectivity index (χ0v) is 16.3. The number of fused-ring (bicyclic) bond motifs is 1. The van der Waals surface area contributed by atoms with Gasteiger partial charge in [0.1, 0.15) is 29.5 Å². The van der Waals surface area contributed by atoms with Crippen LogP contribution in [0.3, 0.4) is 0 Å². The number of pyridine rings is 1. The fourth-order valence-corrected chi connectivity index (χ4v) is 3.51. The van der Waals surface area contributed by atoms with Gasteiger partial charge in [-0.05, 0) is 44.9 Å². The first-order valence-corrected chi connectivity index (χ1v) is 9.12. The smallest absolute Gasteiger partial charge is 0.169 e. The van der Waals surface area contributed by atoms with Crippen LogP contribution in [0.5, 0.6) is 5.75 Å². The van der Waals surface area contributed by atoms with Crippen molar-refractivity contribution < 1.29 is 13.5 Å². The van der Waals surface area contributed by atoms with E-state index in [-0.39, 0.29) is 18.7 Å². The second kappa shape index (κ2) is 7.54. The zero-order valence-electron chi connectivity index (χ0n) is 16.3. The van der Waals surface area contributed by atoms with E-state index in [1.165, 1.54) is 25.6 Å². The first kappa shape index (κ1) is 18.9. The number of hydrogen-bond donors (Lipinski definition) is 0. The maximum Gasteiger partial charge on any atom is 0.169 e. The Hall–Kier alpha value is -3.42. The van der Waals surface area contributed by atoms with Gasteiger partial charge in [-0.1, -0.05) is 6.07 Å². The lowest BCUT2D eigenvalue weighted by Crippen LogP contribution is -2.07. The third-order valence-electron chi connectivity index (χ3n) is 4.92. The Morgan fingerprint density at radius 1 is 1.07 bits per heavy atom. The lowest BCUT2D eigenvalue weighted by molar-refractivity contribution is 0.404. The Bertz CT molecular complexity index is 1210. The summed E-state index contributed by atoms with van der Waals surface area (Å²) in [4.78, 5) is 8.57. The van der Waals surface area contributed by atoms with E-state index < -0.39 is 5.82 Å². The van der Waals surface area contributed by atoms with Gasteiger partial charge in [-0.15, -0.1) is 10.2 Å². The number of methoxy groups -OCH3 is 1. The van der Waals surface area contributed by atoms with E-state index in [0.717, 1.165) is 5.69 Å². The van der Waals surface area contributed by atoms with Crippen molar-refractivity contribution in [3.05, 3.63) is 71.2 Å². The Labute approximate surface area is 166 Å². The van der Waals surface area contributed by atoms with Gasteiger partial charge in [0.05, 0.1) is 12.8 Å². The second-order valence-electron chi connectivity index (χ2n) is 6.71. The molecule has 3 aromatic heterocycles. The molecular formula is C21H19F2N5O. The van der Waals surface area contributed by atoms with E-state index in [4.69, 9.17) is 4.74 Å². The minimum Gasteiger partial charge on any atom is -0.496 e. The average molecular weight is 395 g/mol. The monoisotopic (exact) mass is 395 g/mol. The molecule has 4 aromatic rings. The minimum atomic E-state index is -0.428. The molecule has 6 nitrogen and oxygen atoms in total. The molecule has 0 saturated heterocycles. The molecule has 3 heterocycles. The normalized spacial score (nSPS) is 11.2. The van der Waals surface area contributed by atoms with E-state index >= 15 is 4.39 Å². The van der Waals surface area contributed by atoms with Gasteiger partial charge in [-0.3, -0.25) is 4.40 Å². The van der Waals surface area contributed by atoms with E-state index in [0.29, 0.717) is 39.6 Å². The summed E-state index contributed by atoms with van der Waals surface area (Å²) < 4.78 is 36.2. The van der Waals surface area contributed by atoms with Crippen LogP contribution in [-0.4, -0.2) is 31.7 Å². The highest BCUT2D eigenvalue weighted by Crippen LogP contribution is 2.29. The zero-order chi connectivity index (χ0) is 20.5. The average Bonchev–Trinajstić information content (AvgIpc) is 3.17. The van der Waals surface area contributed by atoms with Crippen LogP contribution in [0.4, 0.5) is 8.78 Å². The summed E-state index contributed by atoms with van der Waals surface area (Å²) in [7, 11) is 1.48. The lowest BCUT2D eigenvalue weighted by atomic mass is 10.0. The second-order valence-corrected chi connectivity index (χ2v) is 6.71. The molecule has 4 rings (SSSR count). The number of aromatic nitrogens is 5. The summed E-state index contributed by atoms with van der Waals surface area (Å²) in [5.74, 6) is 0.269. The van der Waals surface area contributed by atoms with Gasteiger partial charge >= 0.3 is 0 Å². The Morgan fingerprint density at radius 3 is 2.66 bits per heavy atom. The minimum absolute atomic E-state index is 0.251. The largest absolute Gasteiger partial charge is 0.496 e. The van der Waals surface area contributed by atoms with Crippen LogP contribution in [-0.2, 0) is 12.8 Å². The SMILES string of the molecule is COc1cccc(F)c1CCc1c(F)cc(-c2cnc(C)nc2C)c2nncn12. The van der Waals surface area contributed by atoms with Crippen LogP contribution in [0.25, 0.3) is 16.8 Å². The van der Waals surface area contributed by atoms with Gasteiger partial charge in [0.15, 0.2) is 5.65 Å². The standard InChI is InChI=1S/C21H19F2N5O/c1-12-16(10-24-13(2)26-12)15-9-18(23)19(28-11-25-27-21(15)28)8-7-14-17(22)5-4-6-20(14)29-3/h4-6,9-11H,7-8H2,1-3H3. The van der Waals surface area contributed by atoms with Crippen LogP contribution >= 0.6 is 0 Å². The first-order valence-electron chi connectivity index (χ1n) is 9.12. The number of ether oxygens (including phenoxy) is 1. The highest BCUT2D eigenvalue weighted by atomic mass is 19.1. The van der Waals surface area contributed by atoms with Crippen molar-refractivity contribution in [3.63, 3.8) is 0 Å². The summed E-state index contributed by atoms with van der Waals surface area (Å²) >= 11 is 0. The number of aryl methyl sites for hydroxylation is 3. The molecule has 29 heavy (non-hydrogen) atoms. The molecule has 0 radical (unpaired) electrons. The van der Waals surface area contributed by atoms with Crippen LogP contribution in [0.1, 0.15) is 22.8 Å². The maximum atomic E-state index is 15.1. The molecule has 0 atom stereocenters. The summed E-state index contributed by atoms with van der Waals surface area (Å²) in [6.07, 6.45) is 3.64. The van der Waals surface area contributed by atoms with Crippen molar-refractivity contribution in [1.29, 1.82) is 0 Å². The van der Waals surface area contributed by atoms with Crippen LogP contribution in [0, 0.1) is 25.5 Å². The van der Waals surface area contributed by atoms with Crippen molar-refractivity contribution in [2.45, 2.75) is 26.7 Å². The van der Waals surface area contributed by atoms with Crippen molar-refractivity contribution in [2.75, 3.05) is 7.11 Å². The molecule has 0 fully saturated rings. The van der Waals surface area contributed by atoms with Gasteiger partial charge < -0.3 is 4.74 Å². The molecule has 0 amide bonds. The van der Waals surface area contributed by atoms with Crippen molar-refractivity contribution in [1.82, 2.24) is 24.6 Å². The highest BCUT2D eigenvalue weighted by molar-refractivity contribution is 5.78. The predicted octanol–water partition coefficient (Wildman–Crippen LogP) is 3.88. The van der Waals surface area contributed by atoms with E-state index in [1.807, 2.05) is 6.92 Å². The topological polar surface area (TPSA) is 65.2 Å². The van der Waals surface area contributed by atoms with Gasteiger partial charge in [-0.25, -0.2) is 18.7 Å². The van der Waals surface area contributed by atoms with E-state index in [2.05, 4.69) is 20.2 Å². The molecule has 8 heteroatoms. The van der Waals surface area contributed by atoms with E-state index in [1.54, 1.807) is 29.7 Å². The third kappa shape index (κ3) is 3.41. The number of nitrogens with zero attached hydrogens (tertiary/aromatic N) is 5. The molecule has 0 N–H and O–H groups in total. The summed E-state index contributed by atoms with van der Waals surface area (Å²) in [6.45, 7) is 3.64. The van der Waals surface area contributed by atoms with Crippen LogP contribution in [0.2, 0.25) is 0 Å². The van der Waals surface area contributed by atoms with Gasteiger partial charge in [0.2, 0.25) is 0 Å². The first-order chi connectivity index (χ1) is 14.0. The third-order valence-corrected chi connectivity index (χ3v) is 4.92. The number of halogens is 2. The molecule has 0 bridgehead atoms. The number of hydrogen-bond acceptors (Lipinski definition) is 5. The van der Waals surface area contributed by atoms with Crippen LogP contribution in [0.15, 0.2) is 36.8 Å². The quantitative estimate of drug-likeness (QED) is 0.513.